The van der Waals surface area contributed by atoms with Crippen LogP contribution in [0, 0.1) is 13.8 Å². The van der Waals surface area contributed by atoms with E-state index in [9.17, 15) is 9.59 Å². The Bertz CT molecular complexity index is 817. The zero-order valence-electron chi connectivity index (χ0n) is 16.2. The van der Waals surface area contributed by atoms with Crippen molar-refractivity contribution in [1.82, 2.24) is 10.2 Å². The molecule has 0 spiro atoms. The van der Waals surface area contributed by atoms with Crippen LogP contribution in [0.1, 0.15) is 29.7 Å². The van der Waals surface area contributed by atoms with E-state index in [0.29, 0.717) is 13.1 Å². The number of nitrogens with zero attached hydrogens (tertiary/aromatic N) is 2. The summed E-state index contributed by atoms with van der Waals surface area (Å²) in [5, 5.41) is 3.02. The summed E-state index contributed by atoms with van der Waals surface area (Å²) in [5.74, 6) is -0.0184. The van der Waals surface area contributed by atoms with Crippen LogP contribution in [0.4, 0.5) is 5.69 Å². The molecule has 0 aromatic heterocycles. The van der Waals surface area contributed by atoms with Gasteiger partial charge in [0, 0.05) is 18.8 Å². The molecule has 0 aliphatic carbocycles. The predicted octanol–water partition coefficient (Wildman–Crippen LogP) is 2.83. The second kappa shape index (κ2) is 8.35. The van der Waals surface area contributed by atoms with Crippen LogP contribution >= 0.6 is 0 Å². The minimum absolute atomic E-state index is 0.0370. The average Bonchev–Trinajstić information content (AvgIpc) is 2.63. The molecule has 5 nitrogen and oxygen atoms in total. The first-order chi connectivity index (χ1) is 12.9. The van der Waals surface area contributed by atoms with Crippen LogP contribution in [-0.4, -0.2) is 42.9 Å². The number of hydrogen-bond acceptors (Lipinski definition) is 3. The van der Waals surface area contributed by atoms with Gasteiger partial charge in [0.2, 0.25) is 11.8 Å². The van der Waals surface area contributed by atoms with E-state index in [1.165, 1.54) is 5.56 Å². The van der Waals surface area contributed by atoms with Crippen LogP contribution in [0.5, 0.6) is 0 Å². The van der Waals surface area contributed by atoms with Gasteiger partial charge in [0.1, 0.15) is 0 Å². The number of aryl methyl sites for hydroxylation is 2. The van der Waals surface area contributed by atoms with E-state index in [1.54, 1.807) is 0 Å². The Balaban J connectivity index is 1.53. The molecular weight excluding hydrogens is 338 g/mol. The number of carbonyl (C=O) groups excluding carboxylic acids is 2. The highest BCUT2D eigenvalue weighted by Crippen LogP contribution is 2.21. The standard InChI is InChI=1S/C22H27N3O2/c1-16-8-10-19(11-9-16)18(3)23-21(26)14-24-12-13-25(22(27)15-24)20-7-5-4-6-17(20)2/h4-11,18H,12-15H2,1-3H3,(H,23,26)/t18-/m1/s1. The molecule has 1 aliphatic rings. The number of carbonyl (C=O) groups is 2. The summed E-state index contributed by atoms with van der Waals surface area (Å²) >= 11 is 0. The zero-order chi connectivity index (χ0) is 19.4. The zero-order valence-corrected chi connectivity index (χ0v) is 16.2. The van der Waals surface area contributed by atoms with Crippen LogP contribution in [-0.2, 0) is 9.59 Å². The molecule has 2 amide bonds. The number of benzene rings is 2. The van der Waals surface area contributed by atoms with E-state index >= 15 is 0 Å². The topological polar surface area (TPSA) is 52.7 Å². The van der Waals surface area contributed by atoms with Crippen molar-refractivity contribution in [1.29, 1.82) is 0 Å². The third-order valence-electron chi connectivity index (χ3n) is 5.03. The number of piperazine rings is 1. The number of anilines is 1. The Labute approximate surface area is 161 Å². The maximum absolute atomic E-state index is 12.6. The first kappa shape index (κ1) is 19.1. The van der Waals surface area contributed by atoms with Crippen molar-refractivity contribution in [3.05, 3.63) is 65.2 Å². The highest BCUT2D eigenvalue weighted by Gasteiger charge is 2.27. The molecule has 2 aromatic carbocycles. The van der Waals surface area contributed by atoms with Gasteiger partial charge in [0.05, 0.1) is 19.1 Å². The van der Waals surface area contributed by atoms with Crippen molar-refractivity contribution in [2.45, 2.75) is 26.8 Å². The number of para-hydroxylation sites is 1. The second-order valence-corrected chi connectivity index (χ2v) is 7.24. The van der Waals surface area contributed by atoms with Crippen LogP contribution in [0.25, 0.3) is 0 Å². The summed E-state index contributed by atoms with van der Waals surface area (Å²) < 4.78 is 0. The Kier molecular flexibility index (Phi) is 5.91. The van der Waals surface area contributed by atoms with Gasteiger partial charge in [-0.25, -0.2) is 0 Å². The summed E-state index contributed by atoms with van der Waals surface area (Å²) in [6.07, 6.45) is 0. The fourth-order valence-electron chi connectivity index (χ4n) is 3.41. The summed E-state index contributed by atoms with van der Waals surface area (Å²) in [5.41, 5.74) is 4.32. The molecule has 5 heteroatoms. The third-order valence-corrected chi connectivity index (χ3v) is 5.03. The van der Waals surface area contributed by atoms with E-state index < -0.39 is 0 Å². The van der Waals surface area contributed by atoms with Crippen LogP contribution in [0.3, 0.4) is 0 Å². The van der Waals surface area contributed by atoms with E-state index in [1.807, 2.05) is 79.1 Å². The molecule has 3 rings (SSSR count). The Morgan fingerprint density at radius 3 is 2.44 bits per heavy atom. The minimum Gasteiger partial charge on any atom is -0.348 e. The van der Waals surface area contributed by atoms with Crippen molar-refractivity contribution in [2.24, 2.45) is 0 Å². The molecule has 1 atom stereocenters. The minimum atomic E-state index is -0.0554. The van der Waals surface area contributed by atoms with Gasteiger partial charge >= 0.3 is 0 Å². The summed E-state index contributed by atoms with van der Waals surface area (Å²) in [6.45, 7) is 7.82. The summed E-state index contributed by atoms with van der Waals surface area (Å²) in [7, 11) is 0. The quantitative estimate of drug-likeness (QED) is 0.886. The molecule has 1 saturated heterocycles. The third kappa shape index (κ3) is 4.74. The van der Waals surface area contributed by atoms with Gasteiger partial charge in [-0.15, -0.1) is 0 Å². The Morgan fingerprint density at radius 1 is 1.07 bits per heavy atom. The first-order valence-electron chi connectivity index (χ1n) is 9.38. The largest absolute Gasteiger partial charge is 0.348 e. The predicted molar refractivity (Wildman–Crippen MR) is 108 cm³/mol. The maximum atomic E-state index is 12.6. The molecule has 1 fully saturated rings. The van der Waals surface area contributed by atoms with Crippen molar-refractivity contribution >= 4 is 17.5 Å². The van der Waals surface area contributed by atoms with E-state index in [4.69, 9.17) is 0 Å². The maximum Gasteiger partial charge on any atom is 0.241 e. The fraction of sp³-hybridized carbons (Fsp3) is 0.364. The number of hydrogen-bond donors (Lipinski definition) is 1. The highest BCUT2D eigenvalue weighted by molar-refractivity contribution is 5.96. The van der Waals surface area contributed by atoms with Crippen LogP contribution in [0.15, 0.2) is 48.5 Å². The van der Waals surface area contributed by atoms with Crippen molar-refractivity contribution in [3.63, 3.8) is 0 Å². The van der Waals surface area contributed by atoms with E-state index in [-0.39, 0.29) is 30.9 Å². The van der Waals surface area contributed by atoms with Crippen LogP contribution < -0.4 is 10.2 Å². The normalized spacial score (nSPS) is 16.3. The van der Waals surface area contributed by atoms with Gasteiger partial charge in [-0.05, 0) is 38.0 Å². The second-order valence-electron chi connectivity index (χ2n) is 7.24. The SMILES string of the molecule is Cc1ccc([C@@H](C)NC(=O)CN2CCN(c3ccccc3C)C(=O)C2)cc1. The molecule has 0 unspecified atom stereocenters. The Hall–Kier alpha value is -2.66. The lowest BCUT2D eigenvalue weighted by atomic mass is 10.1. The first-order valence-corrected chi connectivity index (χ1v) is 9.38. The lowest BCUT2D eigenvalue weighted by molar-refractivity contribution is -0.125. The number of nitrogens with one attached hydrogen (secondary N) is 1. The van der Waals surface area contributed by atoms with Gasteiger partial charge in [-0.1, -0.05) is 48.0 Å². The molecule has 1 N–H and O–H groups in total. The lowest BCUT2D eigenvalue weighted by Crippen LogP contribution is -2.53. The monoisotopic (exact) mass is 365 g/mol. The smallest absolute Gasteiger partial charge is 0.241 e. The van der Waals surface area contributed by atoms with E-state index in [2.05, 4.69) is 5.32 Å². The highest BCUT2D eigenvalue weighted by atomic mass is 16.2. The summed E-state index contributed by atoms with van der Waals surface area (Å²) in [4.78, 5) is 28.7. The lowest BCUT2D eigenvalue weighted by Gasteiger charge is -2.34. The molecular formula is C22H27N3O2. The molecule has 27 heavy (non-hydrogen) atoms. The average molecular weight is 365 g/mol. The molecule has 1 heterocycles. The molecule has 0 bridgehead atoms. The van der Waals surface area contributed by atoms with E-state index in [0.717, 1.165) is 16.8 Å². The molecule has 142 valence electrons. The number of amides is 2. The number of rotatable bonds is 5. The molecule has 1 aliphatic heterocycles. The molecule has 0 saturated carbocycles. The fourth-order valence-corrected chi connectivity index (χ4v) is 3.41. The van der Waals surface area contributed by atoms with Gasteiger partial charge < -0.3 is 10.2 Å². The van der Waals surface area contributed by atoms with Crippen LogP contribution in [0.2, 0.25) is 0 Å². The molecule has 0 radical (unpaired) electrons. The Morgan fingerprint density at radius 2 is 1.78 bits per heavy atom. The van der Waals surface area contributed by atoms with Crippen molar-refractivity contribution in [3.8, 4) is 0 Å². The van der Waals surface area contributed by atoms with Gasteiger partial charge in [0.25, 0.3) is 0 Å². The van der Waals surface area contributed by atoms with Gasteiger partial charge in [-0.2, -0.15) is 0 Å². The van der Waals surface area contributed by atoms with Gasteiger partial charge in [0.15, 0.2) is 0 Å². The van der Waals surface area contributed by atoms with Crippen molar-refractivity contribution < 1.29 is 9.59 Å². The van der Waals surface area contributed by atoms with Crippen molar-refractivity contribution in [2.75, 3.05) is 31.1 Å². The van der Waals surface area contributed by atoms with Gasteiger partial charge in [-0.3, -0.25) is 14.5 Å². The molecule has 2 aromatic rings. The summed E-state index contributed by atoms with van der Waals surface area (Å²) in [6, 6.07) is 16.0.